The van der Waals surface area contributed by atoms with E-state index in [4.69, 9.17) is 17.3 Å². The van der Waals surface area contributed by atoms with Crippen molar-refractivity contribution in [3.05, 3.63) is 21.3 Å². The second kappa shape index (κ2) is 6.79. The van der Waals surface area contributed by atoms with Crippen LogP contribution in [0.15, 0.2) is 12.1 Å². The standard InChI is InChI=1S/C11H18ClNS2/c1-8(2)6-14-7-9(13)5-10-3-4-11(12)15-10/h3-4,8-9H,5-7,13H2,1-2H3. The Hall–Kier alpha value is 0.300. The van der Waals surface area contributed by atoms with Gasteiger partial charge in [0, 0.05) is 16.7 Å². The first-order valence-electron chi connectivity index (χ1n) is 5.15. The molecule has 0 bridgehead atoms. The number of hydrogen-bond acceptors (Lipinski definition) is 3. The van der Waals surface area contributed by atoms with Crippen LogP contribution in [0.25, 0.3) is 0 Å². The molecule has 0 amide bonds. The highest BCUT2D eigenvalue weighted by atomic mass is 35.5. The summed E-state index contributed by atoms with van der Waals surface area (Å²) in [6.07, 6.45) is 0.947. The average molecular weight is 264 g/mol. The summed E-state index contributed by atoms with van der Waals surface area (Å²) in [5.74, 6) is 2.98. The topological polar surface area (TPSA) is 26.0 Å². The van der Waals surface area contributed by atoms with Crippen molar-refractivity contribution >= 4 is 34.7 Å². The third-order valence-corrected chi connectivity index (χ3v) is 4.70. The van der Waals surface area contributed by atoms with Gasteiger partial charge in [0.2, 0.25) is 0 Å². The fourth-order valence-electron chi connectivity index (χ4n) is 1.23. The maximum atomic E-state index is 6.04. The summed E-state index contributed by atoms with van der Waals surface area (Å²) < 4.78 is 0.854. The van der Waals surface area contributed by atoms with Gasteiger partial charge >= 0.3 is 0 Å². The van der Waals surface area contributed by atoms with Crippen LogP contribution in [-0.4, -0.2) is 17.5 Å². The van der Waals surface area contributed by atoms with E-state index in [0.29, 0.717) is 0 Å². The number of halogens is 1. The minimum atomic E-state index is 0.253. The first-order chi connectivity index (χ1) is 7.08. The highest BCUT2D eigenvalue weighted by Crippen LogP contribution is 2.22. The zero-order chi connectivity index (χ0) is 11.3. The normalized spacial score (nSPS) is 13.4. The maximum absolute atomic E-state index is 6.04. The van der Waals surface area contributed by atoms with Crippen LogP contribution in [0.5, 0.6) is 0 Å². The Labute approximate surface area is 105 Å². The molecule has 0 aliphatic heterocycles. The molecule has 4 heteroatoms. The lowest BCUT2D eigenvalue weighted by Gasteiger charge is -2.10. The predicted octanol–water partition coefficient (Wildman–Crippen LogP) is 3.66. The highest BCUT2D eigenvalue weighted by molar-refractivity contribution is 7.99. The summed E-state index contributed by atoms with van der Waals surface area (Å²) in [4.78, 5) is 1.29. The molecule has 1 unspecified atom stereocenters. The smallest absolute Gasteiger partial charge is 0.0931 e. The summed E-state index contributed by atoms with van der Waals surface area (Å²) in [5.41, 5.74) is 6.04. The molecule has 1 heterocycles. The van der Waals surface area contributed by atoms with E-state index in [9.17, 15) is 0 Å². The predicted molar refractivity (Wildman–Crippen MR) is 73.2 cm³/mol. The molecule has 1 aromatic heterocycles. The van der Waals surface area contributed by atoms with Crippen LogP contribution in [-0.2, 0) is 6.42 Å². The Morgan fingerprint density at radius 2 is 2.13 bits per heavy atom. The third-order valence-electron chi connectivity index (χ3n) is 1.88. The van der Waals surface area contributed by atoms with E-state index in [2.05, 4.69) is 19.9 Å². The van der Waals surface area contributed by atoms with E-state index in [-0.39, 0.29) is 6.04 Å². The van der Waals surface area contributed by atoms with Crippen LogP contribution >= 0.6 is 34.7 Å². The van der Waals surface area contributed by atoms with Gasteiger partial charge in [-0.3, -0.25) is 0 Å². The molecule has 1 rings (SSSR count). The van der Waals surface area contributed by atoms with Gasteiger partial charge in [-0.1, -0.05) is 25.4 Å². The Morgan fingerprint density at radius 1 is 1.40 bits per heavy atom. The lowest BCUT2D eigenvalue weighted by Crippen LogP contribution is -2.25. The highest BCUT2D eigenvalue weighted by Gasteiger charge is 2.06. The SMILES string of the molecule is CC(C)CSCC(N)Cc1ccc(Cl)s1. The summed E-state index contributed by atoms with van der Waals surface area (Å²) in [6, 6.07) is 4.26. The Bertz CT molecular complexity index is 286. The molecule has 2 N–H and O–H groups in total. The van der Waals surface area contributed by atoms with Crippen molar-refractivity contribution in [2.45, 2.75) is 26.3 Å². The first-order valence-corrected chi connectivity index (χ1v) is 7.50. The van der Waals surface area contributed by atoms with Crippen LogP contribution in [0, 0.1) is 5.92 Å². The molecule has 1 nitrogen and oxygen atoms in total. The van der Waals surface area contributed by atoms with E-state index < -0.39 is 0 Å². The van der Waals surface area contributed by atoms with Gasteiger partial charge in [-0.2, -0.15) is 11.8 Å². The molecule has 86 valence electrons. The lowest BCUT2D eigenvalue weighted by atomic mass is 10.2. The number of rotatable bonds is 6. The van der Waals surface area contributed by atoms with Crippen molar-refractivity contribution in [1.82, 2.24) is 0 Å². The molecule has 0 aromatic carbocycles. The van der Waals surface area contributed by atoms with Gasteiger partial charge in [0.15, 0.2) is 0 Å². The minimum Gasteiger partial charge on any atom is -0.327 e. The van der Waals surface area contributed by atoms with Gasteiger partial charge in [0.25, 0.3) is 0 Å². The van der Waals surface area contributed by atoms with Crippen molar-refractivity contribution < 1.29 is 0 Å². The zero-order valence-electron chi connectivity index (χ0n) is 9.20. The molecular weight excluding hydrogens is 246 g/mol. The van der Waals surface area contributed by atoms with Crippen LogP contribution in [0.1, 0.15) is 18.7 Å². The molecular formula is C11H18ClNS2. The van der Waals surface area contributed by atoms with Crippen molar-refractivity contribution in [1.29, 1.82) is 0 Å². The summed E-state index contributed by atoms with van der Waals surface area (Å²) in [6.45, 7) is 4.47. The van der Waals surface area contributed by atoms with Gasteiger partial charge in [-0.05, 0) is 30.2 Å². The molecule has 0 spiro atoms. The third kappa shape index (κ3) is 5.81. The fraction of sp³-hybridized carbons (Fsp3) is 0.636. The van der Waals surface area contributed by atoms with Gasteiger partial charge < -0.3 is 5.73 Å². The molecule has 15 heavy (non-hydrogen) atoms. The van der Waals surface area contributed by atoms with Crippen LogP contribution < -0.4 is 5.73 Å². The Kier molecular flexibility index (Phi) is 6.05. The van der Waals surface area contributed by atoms with Gasteiger partial charge in [0.05, 0.1) is 4.34 Å². The lowest BCUT2D eigenvalue weighted by molar-refractivity contribution is 0.735. The number of nitrogens with two attached hydrogens (primary N) is 1. The minimum absolute atomic E-state index is 0.253. The van der Waals surface area contributed by atoms with Crippen LogP contribution in [0.3, 0.4) is 0 Å². The second-order valence-corrected chi connectivity index (χ2v) is 6.98. The number of hydrogen-bond donors (Lipinski definition) is 1. The van der Waals surface area contributed by atoms with Gasteiger partial charge in [-0.15, -0.1) is 11.3 Å². The molecule has 0 aliphatic carbocycles. The molecule has 0 saturated carbocycles. The van der Waals surface area contributed by atoms with E-state index >= 15 is 0 Å². The average Bonchev–Trinajstić information content (AvgIpc) is 2.50. The summed E-state index contributed by atoms with van der Waals surface area (Å²) in [7, 11) is 0. The summed E-state index contributed by atoms with van der Waals surface area (Å²) >= 11 is 9.44. The van der Waals surface area contributed by atoms with Crippen molar-refractivity contribution in [2.24, 2.45) is 11.7 Å². The van der Waals surface area contributed by atoms with Crippen LogP contribution in [0.2, 0.25) is 4.34 Å². The van der Waals surface area contributed by atoms with Crippen molar-refractivity contribution in [3.8, 4) is 0 Å². The molecule has 0 radical (unpaired) electrons. The van der Waals surface area contributed by atoms with Crippen LogP contribution in [0.4, 0.5) is 0 Å². The zero-order valence-corrected chi connectivity index (χ0v) is 11.6. The van der Waals surface area contributed by atoms with Crippen molar-refractivity contribution in [2.75, 3.05) is 11.5 Å². The van der Waals surface area contributed by atoms with E-state index in [0.717, 1.165) is 22.4 Å². The van der Waals surface area contributed by atoms with Gasteiger partial charge in [0.1, 0.15) is 0 Å². The second-order valence-electron chi connectivity index (χ2n) is 4.10. The largest absolute Gasteiger partial charge is 0.327 e. The Morgan fingerprint density at radius 3 is 2.67 bits per heavy atom. The Balaban J connectivity index is 2.21. The number of thioether (sulfide) groups is 1. The molecule has 1 aromatic rings. The molecule has 0 aliphatic rings. The van der Waals surface area contributed by atoms with E-state index in [1.807, 2.05) is 17.8 Å². The van der Waals surface area contributed by atoms with Crippen molar-refractivity contribution in [3.63, 3.8) is 0 Å². The quantitative estimate of drug-likeness (QED) is 0.848. The maximum Gasteiger partial charge on any atom is 0.0931 e. The van der Waals surface area contributed by atoms with E-state index in [1.54, 1.807) is 11.3 Å². The van der Waals surface area contributed by atoms with Gasteiger partial charge in [-0.25, -0.2) is 0 Å². The summed E-state index contributed by atoms with van der Waals surface area (Å²) in [5, 5.41) is 0. The number of thiophene rings is 1. The molecule has 0 fully saturated rings. The first kappa shape index (κ1) is 13.4. The monoisotopic (exact) mass is 263 g/mol. The molecule has 0 saturated heterocycles. The van der Waals surface area contributed by atoms with E-state index in [1.165, 1.54) is 10.6 Å². The molecule has 1 atom stereocenters. The fourth-order valence-corrected chi connectivity index (χ4v) is 3.44.